The number of carbonyl (C=O) groups excluding carboxylic acids is 1. The van der Waals surface area contributed by atoms with E-state index in [2.05, 4.69) is 0 Å². The van der Waals surface area contributed by atoms with Gasteiger partial charge in [-0.3, -0.25) is 4.79 Å². The van der Waals surface area contributed by atoms with E-state index in [1.807, 2.05) is 13.8 Å². The molecule has 0 aliphatic carbocycles. The van der Waals surface area contributed by atoms with Crippen molar-refractivity contribution in [3.05, 3.63) is 29.3 Å². The van der Waals surface area contributed by atoms with Gasteiger partial charge in [0.2, 0.25) is 5.91 Å². The summed E-state index contributed by atoms with van der Waals surface area (Å²) in [4.78, 5) is 25.0. The molecule has 5 heteroatoms. The van der Waals surface area contributed by atoms with Gasteiger partial charge < -0.3 is 15.7 Å². The summed E-state index contributed by atoms with van der Waals surface area (Å²) >= 11 is 0. The molecule has 1 aromatic carbocycles. The first kappa shape index (κ1) is 14.5. The Morgan fingerprint density at radius 1 is 1.40 bits per heavy atom. The molecule has 0 radical (unpaired) electrons. The lowest BCUT2D eigenvalue weighted by molar-refractivity contribution is -0.120. The van der Waals surface area contributed by atoms with Crippen LogP contribution in [0.3, 0.4) is 0 Å². The second-order valence-electron chi connectivity index (χ2n) is 5.62. The average molecular weight is 276 g/mol. The van der Waals surface area contributed by atoms with Crippen LogP contribution in [0.25, 0.3) is 0 Å². The Balaban J connectivity index is 2.24. The van der Waals surface area contributed by atoms with Gasteiger partial charge >= 0.3 is 5.97 Å². The van der Waals surface area contributed by atoms with E-state index in [0.29, 0.717) is 24.6 Å². The van der Waals surface area contributed by atoms with Crippen molar-refractivity contribution in [2.45, 2.75) is 32.7 Å². The Labute approximate surface area is 118 Å². The summed E-state index contributed by atoms with van der Waals surface area (Å²) < 4.78 is 0. The summed E-state index contributed by atoms with van der Waals surface area (Å²) in [5, 5.41) is 9.04. The van der Waals surface area contributed by atoms with E-state index in [1.165, 1.54) is 0 Å². The molecule has 0 bridgehead atoms. The molecule has 1 aromatic rings. The second-order valence-corrected chi connectivity index (χ2v) is 5.62. The van der Waals surface area contributed by atoms with E-state index < -0.39 is 12.0 Å². The molecule has 3 N–H and O–H groups in total. The lowest BCUT2D eigenvalue weighted by atomic mass is 10.0. The summed E-state index contributed by atoms with van der Waals surface area (Å²) in [5.74, 6) is -0.764. The average Bonchev–Trinajstić information content (AvgIpc) is 2.79. The molecule has 1 aliphatic rings. The lowest BCUT2D eigenvalue weighted by Gasteiger charge is -2.22. The monoisotopic (exact) mass is 276 g/mol. The van der Waals surface area contributed by atoms with Gasteiger partial charge in [-0.15, -0.1) is 0 Å². The highest BCUT2D eigenvalue weighted by Gasteiger charge is 2.29. The third-order valence-corrected chi connectivity index (χ3v) is 3.54. The standard InChI is InChI=1S/C15H20N2O3/c1-9(2)7-12(16)14(18)17-6-5-10-3-4-11(15(19)20)8-13(10)17/h3-4,8-9,12H,5-7,16H2,1-2H3,(H,19,20)/t12-/m0/s1. The first-order chi connectivity index (χ1) is 9.40. The molecule has 0 aromatic heterocycles. The van der Waals surface area contributed by atoms with E-state index >= 15 is 0 Å². The first-order valence-electron chi connectivity index (χ1n) is 6.83. The van der Waals surface area contributed by atoms with Gasteiger partial charge in [-0.1, -0.05) is 19.9 Å². The number of carboxylic acid groups (broad SMARTS) is 1. The summed E-state index contributed by atoms with van der Waals surface area (Å²) in [6, 6.07) is 4.38. The molecule has 0 fully saturated rings. The van der Waals surface area contributed by atoms with Gasteiger partial charge in [0.1, 0.15) is 0 Å². The number of carbonyl (C=O) groups is 2. The summed E-state index contributed by atoms with van der Waals surface area (Å²) in [6.45, 7) is 4.62. The van der Waals surface area contributed by atoms with Gasteiger partial charge in [-0.05, 0) is 36.5 Å². The van der Waals surface area contributed by atoms with Crippen molar-refractivity contribution in [1.29, 1.82) is 0 Å². The Hall–Kier alpha value is -1.88. The number of nitrogens with zero attached hydrogens (tertiary/aromatic N) is 1. The van der Waals surface area contributed by atoms with Crippen LogP contribution in [0.5, 0.6) is 0 Å². The van der Waals surface area contributed by atoms with Crippen LogP contribution in [-0.2, 0) is 11.2 Å². The third-order valence-electron chi connectivity index (χ3n) is 3.54. The van der Waals surface area contributed by atoms with Crippen molar-refractivity contribution in [3.63, 3.8) is 0 Å². The molecular formula is C15H20N2O3. The van der Waals surface area contributed by atoms with Crippen molar-refractivity contribution in [2.75, 3.05) is 11.4 Å². The van der Waals surface area contributed by atoms with Crippen LogP contribution < -0.4 is 10.6 Å². The molecule has 1 heterocycles. The largest absolute Gasteiger partial charge is 0.478 e. The zero-order valence-corrected chi connectivity index (χ0v) is 11.8. The van der Waals surface area contributed by atoms with Gasteiger partial charge in [0.05, 0.1) is 11.6 Å². The van der Waals surface area contributed by atoms with Crippen molar-refractivity contribution < 1.29 is 14.7 Å². The van der Waals surface area contributed by atoms with E-state index in [9.17, 15) is 9.59 Å². The molecule has 2 rings (SSSR count). The number of benzene rings is 1. The molecule has 0 saturated carbocycles. The molecule has 20 heavy (non-hydrogen) atoms. The fourth-order valence-electron chi connectivity index (χ4n) is 2.55. The number of anilines is 1. The van der Waals surface area contributed by atoms with Crippen LogP contribution >= 0.6 is 0 Å². The van der Waals surface area contributed by atoms with Crippen LogP contribution in [-0.4, -0.2) is 29.6 Å². The van der Waals surface area contributed by atoms with Crippen molar-refractivity contribution >= 4 is 17.6 Å². The van der Waals surface area contributed by atoms with Crippen molar-refractivity contribution in [3.8, 4) is 0 Å². The van der Waals surface area contributed by atoms with E-state index in [0.717, 1.165) is 12.0 Å². The number of carboxylic acids is 1. The molecule has 1 atom stereocenters. The maximum absolute atomic E-state index is 12.4. The maximum Gasteiger partial charge on any atom is 0.335 e. The van der Waals surface area contributed by atoms with E-state index in [1.54, 1.807) is 23.1 Å². The molecule has 1 aliphatic heterocycles. The molecule has 0 spiro atoms. The predicted molar refractivity (Wildman–Crippen MR) is 76.9 cm³/mol. The first-order valence-corrected chi connectivity index (χ1v) is 6.83. The Bertz CT molecular complexity index is 540. The molecule has 108 valence electrons. The minimum Gasteiger partial charge on any atom is -0.478 e. The van der Waals surface area contributed by atoms with Crippen LogP contribution in [0.1, 0.15) is 36.2 Å². The maximum atomic E-state index is 12.4. The number of amides is 1. The fourth-order valence-corrected chi connectivity index (χ4v) is 2.55. The lowest BCUT2D eigenvalue weighted by Crippen LogP contribution is -2.43. The quantitative estimate of drug-likeness (QED) is 0.875. The summed E-state index contributed by atoms with van der Waals surface area (Å²) in [7, 11) is 0. The minimum absolute atomic E-state index is 0.125. The Morgan fingerprint density at radius 2 is 2.10 bits per heavy atom. The molecule has 5 nitrogen and oxygen atoms in total. The highest BCUT2D eigenvalue weighted by atomic mass is 16.4. The molecule has 0 saturated heterocycles. The number of nitrogens with two attached hydrogens (primary N) is 1. The number of fused-ring (bicyclic) bond motifs is 1. The second kappa shape index (κ2) is 5.63. The third kappa shape index (κ3) is 2.82. The van der Waals surface area contributed by atoms with Crippen LogP contribution in [0.4, 0.5) is 5.69 Å². The number of hydrogen-bond donors (Lipinski definition) is 2. The van der Waals surface area contributed by atoms with Crippen LogP contribution in [0.15, 0.2) is 18.2 Å². The normalized spacial score (nSPS) is 15.3. The smallest absolute Gasteiger partial charge is 0.335 e. The Morgan fingerprint density at radius 3 is 2.70 bits per heavy atom. The summed E-state index contributed by atoms with van der Waals surface area (Å²) in [6.07, 6.45) is 1.37. The van der Waals surface area contributed by atoms with Crippen molar-refractivity contribution in [2.24, 2.45) is 11.7 Å². The molecular weight excluding hydrogens is 256 g/mol. The Kier molecular flexibility index (Phi) is 4.09. The van der Waals surface area contributed by atoms with Crippen molar-refractivity contribution in [1.82, 2.24) is 0 Å². The zero-order chi connectivity index (χ0) is 14.9. The van der Waals surface area contributed by atoms with Gasteiger partial charge in [0.15, 0.2) is 0 Å². The summed E-state index contributed by atoms with van der Waals surface area (Å²) in [5.41, 5.74) is 7.83. The highest BCUT2D eigenvalue weighted by molar-refractivity contribution is 6.00. The zero-order valence-electron chi connectivity index (χ0n) is 11.8. The van der Waals surface area contributed by atoms with Crippen LogP contribution in [0, 0.1) is 5.92 Å². The fraction of sp³-hybridized carbons (Fsp3) is 0.467. The van der Waals surface area contributed by atoms with Gasteiger partial charge in [0, 0.05) is 12.2 Å². The SMILES string of the molecule is CC(C)C[C@H](N)C(=O)N1CCc2ccc(C(=O)O)cc21. The predicted octanol–water partition coefficient (Wildman–Crippen LogP) is 1.65. The van der Waals surface area contributed by atoms with Crippen LogP contribution in [0.2, 0.25) is 0 Å². The molecule has 0 unspecified atom stereocenters. The van der Waals surface area contributed by atoms with E-state index in [-0.39, 0.29) is 11.5 Å². The van der Waals surface area contributed by atoms with Gasteiger partial charge in [-0.2, -0.15) is 0 Å². The van der Waals surface area contributed by atoms with Gasteiger partial charge in [0.25, 0.3) is 0 Å². The topological polar surface area (TPSA) is 83.6 Å². The number of aromatic carboxylic acids is 1. The highest BCUT2D eigenvalue weighted by Crippen LogP contribution is 2.30. The number of hydrogen-bond acceptors (Lipinski definition) is 3. The number of rotatable bonds is 4. The molecule has 1 amide bonds. The van der Waals surface area contributed by atoms with E-state index in [4.69, 9.17) is 10.8 Å². The van der Waals surface area contributed by atoms with Gasteiger partial charge in [-0.25, -0.2) is 4.79 Å². The minimum atomic E-state index is -0.987.